The van der Waals surface area contributed by atoms with E-state index in [1.165, 1.54) is 30.5 Å². The van der Waals surface area contributed by atoms with Gasteiger partial charge in [-0.25, -0.2) is 0 Å². The van der Waals surface area contributed by atoms with Crippen LogP contribution < -0.4 is 5.32 Å². The molecule has 1 amide bonds. The van der Waals surface area contributed by atoms with Gasteiger partial charge in [-0.3, -0.25) is 9.78 Å². The molecule has 1 aromatic heterocycles. The second-order valence-electron chi connectivity index (χ2n) is 5.37. The first-order valence-corrected chi connectivity index (χ1v) is 7.38. The molecule has 0 unspecified atom stereocenters. The topological polar surface area (TPSA) is 62.2 Å². The van der Waals surface area contributed by atoms with Crippen molar-refractivity contribution >= 4 is 16.8 Å². The second-order valence-corrected chi connectivity index (χ2v) is 5.37. The summed E-state index contributed by atoms with van der Waals surface area (Å²) in [4.78, 5) is 16.3. The van der Waals surface area contributed by atoms with E-state index in [0.717, 1.165) is 6.07 Å². The summed E-state index contributed by atoms with van der Waals surface area (Å²) in [7, 11) is 0. The van der Waals surface area contributed by atoms with Crippen LogP contribution in [-0.4, -0.2) is 16.0 Å². The van der Waals surface area contributed by atoms with Crippen LogP contribution in [0, 0.1) is 0 Å². The van der Waals surface area contributed by atoms with Crippen LogP contribution in [0.3, 0.4) is 0 Å². The van der Waals surface area contributed by atoms with Gasteiger partial charge in [0, 0.05) is 18.1 Å². The Labute approximate surface area is 148 Å². The quantitative estimate of drug-likeness (QED) is 0.720. The molecule has 0 bridgehead atoms. The predicted octanol–water partition coefficient (Wildman–Crippen LogP) is 4.53. The molecule has 0 aliphatic heterocycles. The van der Waals surface area contributed by atoms with Crippen LogP contribution in [0.15, 0.2) is 54.7 Å². The third-order valence-corrected chi connectivity index (χ3v) is 3.75. The molecule has 26 heavy (non-hydrogen) atoms. The van der Waals surface area contributed by atoms with E-state index in [1.807, 2.05) is 0 Å². The molecule has 1 heterocycles. The maximum atomic E-state index is 13.0. The SMILES string of the molecule is C.O=C(NCc1ccccc1C(F)(F)F)c1ccc2cccnc2c1O. The molecular formula is C19H17F3N2O2. The average molecular weight is 362 g/mol. The maximum absolute atomic E-state index is 13.0. The van der Waals surface area contributed by atoms with E-state index in [2.05, 4.69) is 10.3 Å². The van der Waals surface area contributed by atoms with Gasteiger partial charge in [0.1, 0.15) is 5.52 Å². The molecule has 0 fully saturated rings. The van der Waals surface area contributed by atoms with Gasteiger partial charge in [0.2, 0.25) is 0 Å². The number of carbonyl (C=O) groups is 1. The molecule has 3 aromatic rings. The summed E-state index contributed by atoms with van der Waals surface area (Å²) in [5, 5.41) is 13.3. The first-order valence-electron chi connectivity index (χ1n) is 7.38. The Morgan fingerprint density at radius 1 is 1.08 bits per heavy atom. The molecule has 2 N–H and O–H groups in total. The van der Waals surface area contributed by atoms with Crippen molar-refractivity contribution in [2.24, 2.45) is 0 Å². The Balaban J connectivity index is 0.00000243. The van der Waals surface area contributed by atoms with Gasteiger partial charge in [-0.15, -0.1) is 0 Å². The number of hydrogen-bond donors (Lipinski definition) is 2. The van der Waals surface area contributed by atoms with Crippen molar-refractivity contribution in [2.45, 2.75) is 20.1 Å². The number of rotatable bonds is 3. The summed E-state index contributed by atoms with van der Waals surface area (Å²) in [6.07, 6.45) is -3.03. The number of phenolic OH excluding ortho intramolecular Hbond substituents is 1. The van der Waals surface area contributed by atoms with E-state index >= 15 is 0 Å². The smallest absolute Gasteiger partial charge is 0.416 e. The van der Waals surface area contributed by atoms with Crippen molar-refractivity contribution in [3.63, 3.8) is 0 Å². The molecule has 0 atom stereocenters. The molecular weight excluding hydrogens is 345 g/mol. The zero-order chi connectivity index (χ0) is 18.0. The van der Waals surface area contributed by atoms with Gasteiger partial charge in [0.05, 0.1) is 11.1 Å². The summed E-state index contributed by atoms with van der Waals surface area (Å²) in [5.41, 5.74) is -0.650. The van der Waals surface area contributed by atoms with Crippen molar-refractivity contribution in [3.05, 3.63) is 71.4 Å². The lowest BCUT2D eigenvalue weighted by Crippen LogP contribution is -2.24. The second kappa shape index (κ2) is 7.43. The zero-order valence-corrected chi connectivity index (χ0v) is 12.8. The monoisotopic (exact) mass is 362 g/mol. The fraction of sp³-hybridized carbons (Fsp3) is 0.158. The summed E-state index contributed by atoms with van der Waals surface area (Å²) in [6, 6.07) is 11.4. The van der Waals surface area contributed by atoms with Gasteiger partial charge in [-0.2, -0.15) is 13.2 Å². The number of halogens is 3. The number of pyridine rings is 1. The molecule has 0 spiro atoms. The van der Waals surface area contributed by atoms with Gasteiger partial charge in [0.15, 0.2) is 5.75 Å². The highest BCUT2D eigenvalue weighted by Gasteiger charge is 2.32. The summed E-state index contributed by atoms with van der Waals surface area (Å²) >= 11 is 0. The fourth-order valence-electron chi connectivity index (χ4n) is 2.53. The number of benzene rings is 2. The number of nitrogens with one attached hydrogen (secondary N) is 1. The van der Waals surface area contributed by atoms with Crippen molar-refractivity contribution < 1.29 is 23.1 Å². The van der Waals surface area contributed by atoms with Gasteiger partial charge < -0.3 is 10.4 Å². The number of aromatic hydroxyl groups is 1. The normalized spacial score (nSPS) is 11.0. The van der Waals surface area contributed by atoms with Crippen LogP contribution >= 0.6 is 0 Å². The molecule has 0 saturated carbocycles. The molecule has 0 saturated heterocycles. The number of aromatic nitrogens is 1. The van der Waals surface area contributed by atoms with Crippen LogP contribution in [-0.2, 0) is 12.7 Å². The number of fused-ring (bicyclic) bond motifs is 1. The Morgan fingerprint density at radius 2 is 1.81 bits per heavy atom. The molecule has 3 rings (SSSR count). The van der Waals surface area contributed by atoms with Crippen molar-refractivity contribution in [3.8, 4) is 5.75 Å². The summed E-state index contributed by atoms with van der Waals surface area (Å²) in [6.45, 7) is -0.311. The van der Waals surface area contributed by atoms with E-state index < -0.39 is 17.6 Å². The van der Waals surface area contributed by atoms with Gasteiger partial charge in [-0.1, -0.05) is 37.8 Å². The number of nitrogens with zero attached hydrogens (tertiary/aromatic N) is 1. The average Bonchev–Trinajstić information content (AvgIpc) is 2.60. The number of hydrogen-bond acceptors (Lipinski definition) is 3. The van der Waals surface area contributed by atoms with Crippen molar-refractivity contribution in [1.29, 1.82) is 0 Å². The summed E-state index contributed by atoms with van der Waals surface area (Å²) in [5.74, 6) is -0.985. The predicted molar refractivity (Wildman–Crippen MR) is 92.8 cm³/mol. The minimum absolute atomic E-state index is 0. The third kappa shape index (κ3) is 3.77. The first kappa shape index (κ1) is 19.2. The van der Waals surface area contributed by atoms with Crippen LogP contribution in [0.25, 0.3) is 10.9 Å². The lowest BCUT2D eigenvalue weighted by molar-refractivity contribution is -0.138. The van der Waals surface area contributed by atoms with Crippen molar-refractivity contribution in [2.75, 3.05) is 0 Å². The summed E-state index contributed by atoms with van der Waals surface area (Å²) < 4.78 is 38.9. The Bertz CT molecular complexity index is 939. The van der Waals surface area contributed by atoms with E-state index in [0.29, 0.717) is 5.39 Å². The number of alkyl halides is 3. The standard InChI is InChI=1S/C18H13F3N2O2.CH4/c19-18(20,21)14-6-2-1-4-12(14)10-23-17(25)13-8-7-11-5-3-9-22-15(11)16(13)24;/h1-9,24H,10H2,(H,23,25);1H4. The van der Waals surface area contributed by atoms with E-state index in [9.17, 15) is 23.1 Å². The first-order chi connectivity index (χ1) is 11.9. The van der Waals surface area contributed by atoms with E-state index in [4.69, 9.17) is 0 Å². The lowest BCUT2D eigenvalue weighted by atomic mass is 10.1. The number of carbonyl (C=O) groups excluding carboxylic acids is 1. The van der Waals surface area contributed by atoms with Gasteiger partial charge in [0.25, 0.3) is 5.91 Å². The molecule has 0 aliphatic carbocycles. The molecule has 2 aromatic carbocycles. The third-order valence-electron chi connectivity index (χ3n) is 3.75. The molecule has 136 valence electrons. The Hall–Kier alpha value is -3.09. The minimum atomic E-state index is -4.50. The molecule has 7 heteroatoms. The highest BCUT2D eigenvalue weighted by atomic mass is 19.4. The minimum Gasteiger partial charge on any atom is -0.505 e. The largest absolute Gasteiger partial charge is 0.505 e. The number of amides is 1. The zero-order valence-electron chi connectivity index (χ0n) is 12.8. The highest BCUT2D eigenvalue weighted by Crippen LogP contribution is 2.32. The van der Waals surface area contributed by atoms with Crippen LogP contribution in [0.2, 0.25) is 0 Å². The van der Waals surface area contributed by atoms with E-state index in [-0.39, 0.29) is 36.4 Å². The van der Waals surface area contributed by atoms with E-state index in [1.54, 1.807) is 18.2 Å². The van der Waals surface area contributed by atoms with Gasteiger partial charge >= 0.3 is 6.18 Å². The fourth-order valence-corrected chi connectivity index (χ4v) is 2.53. The van der Waals surface area contributed by atoms with Crippen LogP contribution in [0.4, 0.5) is 13.2 Å². The lowest BCUT2D eigenvalue weighted by Gasteiger charge is -2.13. The van der Waals surface area contributed by atoms with Gasteiger partial charge in [-0.05, 0) is 23.8 Å². The molecule has 0 aliphatic rings. The van der Waals surface area contributed by atoms with Crippen LogP contribution in [0.5, 0.6) is 5.75 Å². The Kier molecular flexibility index (Phi) is 5.50. The molecule has 0 radical (unpaired) electrons. The highest BCUT2D eigenvalue weighted by molar-refractivity contribution is 6.02. The number of phenols is 1. The maximum Gasteiger partial charge on any atom is 0.416 e. The molecule has 4 nitrogen and oxygen atoms in total. The Morgan fingerprint density at radius 3 is 2.54 bits per heavy atom. The van der Waals surface area contributed by atoms with Crippen LogP contribution in [0.1, 0.15) is 28.9 Å². The van der Waals surface area contributed by atoms with Crippen molar-refractivity contribution in [1.82, 2.24) is 10.3 Å².